The van der Waals surface area contributed by atoms with Crippen LogP contribution in [-0.4, -0.2) is 90.8 Å². The van der Waals surface area contributed by atoms with Gasteiger partial charge in [0, 0.05) is 45.0 Å². The van der Waals surface area contributed by atoms with E-state index >= 15 is 0 Å². The minimum Gasteiger partial charge on any atom is -0.461 e. The minimum absolute atomic E-state index is 0.00490. The molecule has 2 heterocycles. The lowest BCUT2D eigenvalue weighted by molar-refractivity contribution is -0.839. The van der Waals surface area contributed by atoms with Crippen LogP contribution in [0, 0.1) is 5.92 Å². The molecule has 0 aromatic carbocycles. The Balaban J connectivity index is 1.73. The van der Waals surface area contributed by atoms with Gasteiger partial charge in [0.05, 0.1) is 26.1 Å². The zero-order chi connectivity index (χ0) is 41.2. The zero-order valence-electron chi connectivity index (χ0n) is 36.2. The molecular weight excluding hydrogens is 711 g/mol. The average Bonchev–Trinajstić information content (AvgIpc) is 3.53. The minimum atomic E-state index is -0.609. The molecule has 57 heavy (non-hydrogen) atoms. The lowest BCUT2D eigenvalue weighted by Gasteiger charge is -2.38. The summed E-state index contributed by atoms with van der Waals surface area (Å²) >= 11 is 0. The van der Waals surface area contributed by atoms with Crippen LogP contribution < -0.4 is 5.32 Å². The highest BCUT2D eigenvalue weighted by atomic mass is 16.5. The van der Waals surface area contributed by atoms with Gasteiger partial charge in [-0.2, -0.15) is 0 Å². The summed E-state index contributed by atoms with van der Waals surface area (Å²) in [6.45, 7) is 7.48. The van der Waals surface area contributed by atoms with Gasteiger partial charge >= 0.3 is 11.9 Å². The third-order valence-electron chi connectivity index (χ3n) is 11.1. The molecule has 2 rings (SSSR count). The Morgan fingerprint density at radius 2 is 1.30 bits per heavy atom. The standard InChI is InChI=1S/C49H79N3O5/c1-4-6-8-10-12-14-16-18-20-22-24-26-28-30-32-34-38-57-49(56)46-39-45(50-47(54)36-37-51-40-44(41-51)43-53)42-52(46,3)48(55)35-33-31-29-27-25-23-21-19-17-15-13-11-9-7-5-2/h4,6,8,10,12-15,18-21,24,26,44-46,53H,5,7,9,11,16-17,22-23,25,27-43H2,1-3H3/p+1/b6-4+,10-8+,14-12-,15-13-,20-18-,21-19-,26-24+. The molecular formula is C49H80N3O5+. The van der Waals surface area contributed by atoms with E-state index in [0.29, 0.717) is 44.9 Å². The molecule has 0 bridgehead atoms. The molecule has 3 unspecified atom stereocenters. The van der Waals surface area contributed by atoms with E-state index in [0.717, 1.165) is 96.6 Å². The Morgan fingerprint density at radius 1 is 0.719 bits per heavy atom. The average molecular weight is 791 g/mol. The first-order valence-electron chi connectivity index (χ1n) is 22.6. The lowest BCUT2D eigenvalue weighted by atomic mass is 10.0. The number of aliphatic hydroxyl groups excluding tert-OH is 1. The Labute approximate surface area is 347 Å². The maximum absolute atomic E-state index is 13.8. The molecule has 3 atom stereocenters. The number of rotatable bonds is 32. The van der Waals surface area contributed by atoms with Crippen molar-refractivity contribution in [1.29, 1.82) is 0 Å². The van der Waals surface area contributed by atoms with Crippen LogP contribution in [0.1, 0.15) is 142 Å². The largest absolute Gasteiger partial charge is 0.461 e. The molecule has 0 aliphatic carbocycles. The molecule has 2 saturated heterocycles. The highest BCUT2D eigenvalue weighted by Crippen LogP contribution is 2.29. The SMILES string of the molecule is C/C=C/C=C/C=C\C/C=C\C/C=C/CCCCCOC(=O)C1CC(NC(=O)CCN2CC(CO)C2)C[N+]1(C)C(=O)CCCCCCC/C=C\C/C=C\CCCCC. The summed E-state index contributed by atoms with van der Waals surface area (Å²) in [6.07, 6.45) is 49.4. The second-order valence-electron chi connectivity index (χ2n) is 16.2. The van der Waals surface area contributed by atoms with Gasteiger partial charge < -0.3 is 20.1 Å². The van der Waals surface area contributed by atoms with E-state index in [1.165, 1.54) is 25.7 Å². The van der Waals surface area contributed by atoms with E-state index in [9.17, 15) is 19.5 Å². The number of hydrogen-bond donors (Lipinski definition) is 2. The van der Waals surface area contributed by atoms with E-state index in [1.807, 2.05) is 38.3 Å². The second-order valence-corrected chi connectivity index (χ2v) is 16.2. The molecule has 8 heteroatoms. The summed E-state index contributed by atoms with van der Waals surface area (Å²) in [4.78, 5) is 42.4. The van der Waals surface area contributed by atoms with Crippen molar-refractivity contribution in [2.45, 2.75) is 154 Å². The number of esters is 1. The van der Waals surface area contributed by atoms with Crippen molar-refractivity contribution in [3.05, 3.63) is 85.1 Å². The van der Waals surface area contributed by atoms with Gasteiger partial charge in [0.2, 0.25) is 5.91 Å². The molecule has 2 aliphatic heterocycles. The van der Waals surface area contributed by atoms with Crippen molar-refractivity contribution in [2.75, 3.05) is 46.4 Å². The van der Waals surface area contributed by atoms with Crippen molar-refractivity contribution in [1.82, 2.24) is 10.2 Å². The van der Waals surface area contributed by atoms with Crippen LogP contribution in [0.2, 0.25) is 0 Å². The van der Waals surface area contributed by atoms with Crippen LogP contribution >= 0.6 is 0 Å². The number of unbranched alkanes of at least 4 members (excludes halogenated alkanes) is 11. The lowest BCUT2D eigenvalue weighted by Crippen LogP contribution is -2.57. The summed E-state index contributed by atoms with van der Waals surface area (Å²) in [6, 6.07) is -0.860. The predicted molar refractivity (Wildman–Crippen MR) is 237 cm³/mol. The van der Waals surface area contributed by atoms with Gasteiger partial charge in [-0.1, -0.05) is 124 Å². The molecule has 0 aromatic rings. The molecule has 0 spiro atoms. The summed E-state index contributed by atoms with van der Waals surface area (Å²) in [5.74, 6) is -0.0125. The third-order valence-corrected chi connectivity index (χ3v) is 11.1. The van der Waals surface area contributed by atoms with E-state index in [2.05, 4.69) is 77.9 Å². The van der Waals surface area contributed by atoms with Gasteiger partial charge in [0.15, 0.2) is 6.04 Å². The molecule has 8 nitrogen and oxygen atoms in total. The van der Waals surface area contributed by atoms with Crippen molar-refractivity contribution >= 4 is 17.8 Å². The van der Waals surface area contributed by atoms with E-state index in [4.69, 9.17) is 4.74 Å². The number of allylic oxidation sites excluding steroid dienone is 14. The highest BCUT2D eigenvalue weighted by Gasteiger charge is 2.53. The Kier molecular flexibility index (Phi) is 28.5. The van der Waals surface area contributed by atoms with Gasteiger partial charge in [-0.3, -0.25) is 4.79 Å². The van der Waals surface area contributed by atoms with Gasteiger partial charge in [-0.25, -0.2) is 14.1 Å². The number of likely N-dealkylation sites (tertiary alicyclic amines) is 2. The maximum atomic E-state index is 13.8. The molecule has 2 N–H and O–H groups in total. The number of aliphatic hydroxyl groups is 1. The summed E-state index contributed by atoms with van der Waals surface area (Å²) in [5, 5.41) is 12.4. The van der Waals surface area contributed by atoms with Gasteiger partial charge in [-0.15, -0.1) is 0 Å². The van der Waals surface area contributed by atoms with Gasteiger partial charge in [0.25, 0.3) is 0 Å². The molecule has 2 fully saturated rings. The number of carbonyl (C=O) groups excluding carboxylic acids is 3. The number of amides is 2. The molecule has 0 saturated carbocycles. The molecule has 0 radical (unpaired) electrons. The fraction of sp³-hybridized carbons (Fsp3) is 0.653. The van der Waals surface area contributed by atoms with Crippen LogP contribution in [0.3, 0.4) is 0 Å². The Hall–Kier alpha value is -3.33. The van der Waals surface area contributed by atoms with Crippen LogP contribution in [0.4, 0.5) is 0 Å². The Morgan fingerprint density at radius 3 is 1.95 bits per heavy atom. The van der Waals surface area contributed by atoms with Crippen LogP contribution in [0.15, 0.2) is 85.1 Å². The zero-order valence-corrected chi connectivity index (χ0v) is 36.2. The number of carbonyl (C=O) groups is 3. The molecule has 2 aliphatic rings. The number of nitrogens with one attached hydrogen (secondary N) is 1. The van der Waals surface area contributed by atoms with Crippen LogP contribution in [-0.2, 0) is 19.1 Å². The summed E-state index contributed by atoms with van der Waals surface area (Å²) < 4.78 is 5.80. The number of ether oxygens (including phenoxy) is 1. The van der Waals surface area contributed by atoms with Crippen molar-refractivity contribution in [3.8, 4) is 0 Å². The van der Waals surface area contributed by atoms with Gasteiger partial charge in [-0.05, 0) is 84.0 Å². The van der Waals surface area contributed by atoms with Crippen LogP contribution in [0.5, 0.6) is 0 Å². The number of likely N-dealkylation sites (N-methyl/N-ethyl adjacent to an activating group) is 1. The number of hydrogen-bond acceptors (Lipinski definition) is 6. The van der Waals surface area contributed by atoms with Crippen LogP contribution in [0.25, 0.3) is 0 Å². The first-order chi connectivity index (χ1) is 27.8. The fourth-order valence-electron chi connectivity index (χ4n) is 7.52. The molecule has 320 valence electrons. The fourth-order valence-corrected chi connectivity index (χ4v) is 7.52. The van der Waals surface area contributed by atoms with E-state index in [1.54, 1.807) is 0 Å². The Bertz CT molecular complexity index is 1310. The third kappa shape index (κ3) is 23.0. The number of quaternary nitrogens is 1. The quantitative estimate of drug-likeness (QED) is 0.0232. The topological polar surface area (TPSA) is 95.9 Å². The summed E-state index contributed by atoms with van der Waals surface area (Å²) in [7, 11) is 1.87. The molecule has 2 amide bonds. The maximum Gasteiger partial charge on any atom is 0.365 e. The number of nitrogens with zero attached hydrogens (tertiary/aromatic N) is 2. The first-order valence-corrected chi connectivity index (χ1v) is 22.6. The predicted octanol–water partition coefficient (Wildman–Crippen LogP) is 10.0. The monoisotopic (exact) mass is 791 g/mol. The smallest absolute Gasteiger partial charge is 0.365 e. The summed E-state index contributed by atoms with van der Waals surface area (Å²) in [5.41, 5.74) is 0. The normalized spacial score (nSPS) is 20.8. The second kappa shape index (κ2) is 32.6. The van der Waals surface area contributed by atoms with E-state index in [-0.39, 0.29) is 34.9 Å². The first kappa shape index (κ1) is 49.8. The van der Waals surface area contributed by atoms with Gasteiger partial charge in [0.1, 0.15) is 6.54 Å². The highest BCUT2D eigenvalue weighted by molar-refractivity contribution is 5.80. The van der Waals surface area contributed by atoms with E-state index < -0.39 is 6.04 Å². The van der Waals surface area contributed by atoms with Crippen molar-refractivity contribution < 1.29 is 28.7 Å². The molecule has 0 aromatic heterocycles. The van der Waals surface area contributed by atoms with Crippen molar-refractivity contribution in [3.63, 3.8) is 0 Å². The van der Waals surface area contributed by atoms with Crippen molar-refractivity contribution in [2.24, 2.45) is 5.92 Å².